The summed E-state index contributed by atoms with van der Waals surface area (Å²) in [6, 6.07) is 8.45. The first kappa shape index (κ1) is 14.9. The van der Waals surface area contributed by atoms with E-state index >= 15 is 0 Å². The average Bonchev–Trinajstić information content (AvgIpc) is 2.94. The van der Waals surface area contributed by atoms with Gasteiger partial charge in [-0.05, 0) is 54.9 Å². The Morgan fingerprint density at radius 3 is 2.78 bits per heavy atom. The van der Waals surface area contributed by atoms with Crippen LogP contribution in [-0.4, -0.2) is 14.6 Å². The van der Waals surface area contributed by atoms with E-state index in [1.54, 1.807) is 0 Å². The molecule has 1 aliphatic carbocycles. The fourth-order valence-electron chi connectivity index (χ4n) is 3.57. The Kier molecular flexibility index (Phi) is 3.72. The minimum atomic E-state index is 0.744. The maximum Gasteiger partial charge on any atom is 0.163 e. The lowest BCUT2D eigenvalue weighted by Crippen LogP contribution is -2.16. The molecule has 118 valence electrons. The molecule has 0 amide bonds. The van der Waals surface area contributed by atoms with Gasteiger partial charge in [-0.1, -0.05) is 41.9 Å². The van der Waals surface area contributed by atoms with Crippen LogP contribution >= 0.6 is 15.9 Å². The lowest BCUT2D eigenvalue weighted by Gasteiger charge is -2.21. The van der Waals surface area contributed by atoms with Gasteiger partial charge >= 0.3 is 0 Å². The van der Waals surface area contributed by atoms with E-state index in [-0.39, 0.29) is 0 Å². The molecule has 0 bridgehead atoms. The Labute approximate surface area is 144 Å². The zero-order valence-electron chi connectivity index (χ0n) is 13.5. The highest BCUT2D eigenvalue weighted by Gasteiger charge is 2.22. The minimum absolute atomic E-state index is 0.744. The molecule has 1 unspecified atom stereocenters. The second-order valence-electron chi connectivity index (χ2n) is 6.50. The van der Waals surface area contributed by atoms with E-state index < -0.39 is 0 Å². The van der Waals surface area contributed by atoms with Crippen LogP contribution in [0.15, 0.2) is 34.9 Å². The maximum atomic E-state index is 4.91. The Morgan fingerprint density at radius 1 is 1.26 bits per heavy atom. The van der Waals surface area contributed by atoms with Crippen LogP contribution in [0.5, 0.6) is 0 Å². The molecule has 23 heavy (non-hydrogen) atoms. The van der Waals surface area contributed by atoms with Gasteiger partial charge in [-0.15, -0.1) is 0 Å². The number of hydrogen-bond acceptors (Lipinski definition) is 2. The van der Waals surface area contributed by atoms with Crippen molar-refractivity contribution < 1.29 is 0 Å². The SMILES string of the molecule is CCc1nn2c3c(cnc2c1-c1ccc(Br)cc1)CC(C)CC3. The van der Waals surface area contributed by atoms with Crippen molar-refractivity contribution in [2.45, 2.75) is 39.5 Å². The summed E-state index contributed by atoms with van der Waals surface area (Å²) in [4.78, 5) is 4.79. The first-order valence-corrected chi connectivity index (χ1v) is 9.11. The molecule has 1 aliphatic rings. The summed E-state index contributed by atoms with van der Waals surface area (Å²) in [6.45, 7) is 4.49. The highest BCUT2D eigenvalue weighted by molar-refractivity contribution is 9.10. The lowest BCUT2D eigenvalue weighted by molar-refractivity contribution is 0.485. The van der Waals surface area contributed by atoms with Gasteiger partial charge in [-0.3, -0.25) is 0 Å². The van der Waals surface area contributed by atoms with Crippen LogP contribution < -0.4 is 0 Å². The van der Waals surface area contributed by atoms with Crippen LogP contribution in [0, 0.1) is 5.92 Å². The van der Waals surface area contributed by atoms with Crippen LogP contribution in [0.1, 0.15) is 37.2 Å². The molecule has 0 radical (unpaired) electrons. The molecule has 0 fully saturated rings. The third kappa shape index (κ3) is 2.49. The number of aryl methyl sites for hydroxylation is 2. The molecule has 1 aromatic carbocycles. The molecule has 4 heteroatoms. The van der Waals surface area contributed by atoms with Crippen molar-refractivity contribution in [3.8, 4) is 11.1 Å². The summed E-state index contributed by atoms with van der Waals surface area (Å²) in [6.07, 6.45) is 6.44. The molecular weight excluding hydrogens is 350 g/mol. The maximum absolute atomic E-state index is 4.91. The monoisotopic (exact) mass is 369 g/mol. The molecule has 2 heterocycles. The molecule has 0 N–H and O–H groups in total. The molecule has 0 spiro atoms. The number of nitrogens with zero attached hydrogens (tertiary/aromatic N) is 3. The van der Waals surface area contributed by atoms with E-state index in [0.717, 1.165) is 41.0 Å². The molecule has 1 atom stereocenters. The highest BCUT2D eigenvalue weighted by Crippen LogP contribution is 2.32. The van der Waals surface area contributed by atoms with Crippen LogP contribution in [0.4, 0.5) is 0 Å². The van der Waals surface area contributed by atoms with Gasteiger partial charge < -0.3 is 0 Å². The zero-order valence-corrected chi connectivity index (χ0v) is 15.1. The van der Waals surface area contributed by atoms with Gasteiger partial charge in [0.05, 0.1) is 5.69 Å². The summed E-state index contributed by atoms with van der Waals surface area (Å²) >= 11 is 3.51. The van der Waals surface area contributed by atoms with Crippen molar-refractivity contribution in [3.63, 3.8) is 0 Å². The van der Waals surface area contributed by atoms with Crippen molar-refractivity contribution in [1.29, 1.82) is 0 Å². The van der Waals surface area contributed by atoms with Crippen molar-refractivity contribution >= 4 is 21.6 Å². The molecule has 2 aromatic heterocycles. The van der Waals surface area contributed by atoms with Crippen molar-refractivity contribution in [1.82, 2.24) is 14.6 Å². The molecule has 0 aliphatic heterocycles. The number of halogens is 1. The lowest BCUT2D eigenvalue weighted by atomic mass is 9.89. The van der Waals surface area contributed by atoms with Gasteiger partial charge in [-0.25, -0.2) is 9.50 Å². The van der Waals surface area contributed by atoms with E-state index in [4.69, 9.17) is 10.1 Å². The van der Waals surface area contributed by atoms with Crippen molar-refractivity contribution in [3.05, 3.63) is 51.9 Å². The van der Waals surface area contributed by atoms with E-state index in [1.807, 2.05) is 0 Å². The van der Waals surface area contributed by atoms with Crippen molar-refractivity contribution in [2.75, 3.05) is 0 Å². The van der Waals surface area contributed by atoms with E-state index in [1.165, 1.54) is 28.8 Å². The number of rotatable bonds is 2. The number of aromatic nitrogens is 3. The smallest absolute Gasteiger partial charge is 0.163 e. The predicted octanol–water partition coefficient (Wildman–Crippen LogP) is 4.85. The van der Waals surface area contributed by atoms with E-state index in [9.17, 15) is 0 Å². The summed E-state index contributed by atoms with van der Waals surface area (Å²) in [5.74, 6) is 0.744. The van der Waals surface area contributed by atoms with Crippen LogP contribution in [0.2, 0.25) is 0 Å². The van der Waals surface area contributed by atoms with Gasteiger partial charge in [0.15, 0.2) is 5.65 Å². The quantitative estimate of drug-likeness (QED) is 0.646. The topological polar surface area (TPSA) is 30.2 Å². The van der Waals surface area contributed by atoms with E-state index in [0.29, 0.717) is 0 Å². The van der Waals surface area contributed by atoms with E-state index in [2.05, 4.69) is 64.8 Å². The summed E-state index contributed by atoms with van der Waals surface area (Å²) in [5.41, 5.74) is 7.22. The standard InChI is InChI=1S/C19H20BrN3/c1-3-16-18(13-5-7-15(20)8-6-13)19-21-11-14-10-12(2)4-9-17(14)23(19)22-16/h5-8,11-12H,3-4,9-10H2,1-2H3. The molecular formula is C19H20BrN3. The Morgan fingerprint density at radius 2 is 2.04 bits per heavy atom. The third-order valence-electron chi connectivity index (χ3n) is 4.81. The summed E-state index contributed by atoms with van der Waals surface area (Å²) in [5, 5.41) is 4.91. The Hall–Kier alpha value is -1.68. The fourth-order valence-corrected chi connectivity index (χ4v) is 3.83. The number of benzene rings is 1. The van der Waals surface area contributed by atoms with Crippen LogP contribution in [-0.2, 0) is 19.3 Å². The van der Waals surface area contributed by atoms with Crippen molar-refractivity contribution in [2.24, 2.45) is 5.92 Å². The first-order valence-electron chi connectivity index (χ1n) is 8.31. The zero-order chi connectivity index (χ0) is 16.0. The van der Waals surface area contributed by atoms with Gasteiger partial charge in [0.2, 0.25) is 0 Å². The Balaban J connectivity index is 1.96. The normalized spacial score (nSPS) is 17.4. The summed E-state index contributed by atoms with van der Waals surface area (Å²) < 4.78 is 3.20. The van der Waals surface area contributed by atoms with Crippen LogP contribution in [0.3, 0.4) is 0 Å². The van der Waals surface area contributed by atoms with Crippen LogP contribution in [0.25, 0.3) is 16.8 Å². The number of hydrogen-bond donors (Lipinski definition) is 0. The average molecular weight is 370 g/mol. The highest BCUT2D eigenvalue weighted by atomic mass is 79.9. The summed E-state index contributed by atoms with van der Waals surface area (Å²) in [7, 11) is 0. The molecule has 0 saturated heterocycles. The molecule has 0 saturated carbocycles. The molecule has 4 rings (SSSR count). The number of fused-ring (bicyclic) bond motifs is 3. The predicted molar refractivity (Wildman–Crippen MR) is 96.7 cm³/mol. The first-order chi connectivity index (χ1) is 11.2. The molecule has 3 aromatic rings. The fraction of sp³-hybridized carbons (Fsp3) is 0.368. The second kappa shape index (κ2) is 5.75. The second-order valence-corrected chi connectivity index (χ2v) is 7.41. The van der Waals surface area contributed by atoms with Gasteiger partial charge in [0, 0.05) is 21.9 Å². The Bertz CT molecular complexity index is 864. The largest absolute Gasteiger partial charge is 0.236 e. The molecule has 3 nitrogen and oxygen atoms in total. The van der Waals surface area contributed by atoms with Gasteiger partial charge in [-0.2, -0.15) is 5.10 Å². The third-order valence-corrected chi connectivity index (χ3v) is 5.34. The minimum Gasteiger partial charge on any atom is -0.236 e. The van der Waals surface area contributed by atoms with Gasteiger partial charge in [0.25, 0.3) is 0 Å². The van der Waals surface area contributed by atoms with Gasteiger partial charge in [0.1, 0.15) is 0 Å².